The van der Waals surface area contributed by atoms with E-state index in [1.807, 2.05) is 49.4 Å². The van der Waals surface area contributed by atoms with Crippen molar-refractivity contribution in [3.05, 3.63) is 69.6 Å². The van der Waals surface area contributed by atoms with Crippen LogP contribution < -0.4 is 5.69 Å². The van der Waals surface area contributed by atoms with Gasteiger partial charge in [0, 0.05) is 0 Å². The summed E-state index contributed by atoms with van der Waals surface area (Å²) in [6.07, 6.45) is -0.691. The summed E-state index contributed by atoms with van der Waals surface area (Å²) in [6.45, 7) is 1.92. The zero-order valence-electron chi connectivity index (χ0n) is 10.5. The molecule has 0 aliphatic rings. The lowest BCUT2D eigenvalue weighted by molar-refractivity contribution is 0.219. The van der Waals surface area contributed by atoms with Crippen molar-refractivity contribution in [2.75, 3.05) is 0 Å². The first-order chi connectivity index (χ1) is 9.15. The van der Waals surface area contributed by atoms with Gasteiger partial charge in [0.15, 0.2) is 0 Å². The van der Waals surface area contributed by atoms with Crippen LogP contribution in [-0.4, -0.2) is 15.1 Å². The molecular weight excluding hydrogens is 240 g/mol. The molecule has 0 spiro atoms. The second kappa shape index (κ2) is 4.40. The third-order valence-electron chi connectivity index (χ3n) is 3.31. The van der Waals surface area contributed by atoms with Gasteiger partial charge in [-0.1, -0.05) is 30.3 Å². The molecule has 0 fully saturated rings. The molecule has 0 radical (unpaired) electrons. The molecule has 3 N–H and O–H groups in total. The van der Waals surface area contributed by atoms with Gasteiger partial charge in [0.25, 0.3) is 0 Å². The topological polar surface area (TPSA) is 68.9 Å². The highest BCUT2D eigenvalue weighted by atomic mass is 16.3. The van der Waals surface area contributed by atoms with Crippen molar-refractivity contribution < 1.29 is 5.11 Å². The van der Waals surface area contributed by atoms with Gasteiger partial charge in [-0.15, -0.1) is 0 Å². The van der Waals surface area contributed by atoms with Crippen molar-refractivity contribution >= 4 is 11.0 Å². The second-order valence-electron chi connectivity index (χ2n) is 4.65. The lowest BCUT2D eigenvalue weighted by Gasteiger charge is -2.14. The van der Waals surface area contributed by atoms with E-state index < -0.39 is 6.10 Å². The summed E-state index contributed by atoms with van der Waals surface area (Å²) >= 11 is 0. The summed E-state index contributed by atoms with van der Waals surface area (Å²) in [6, 6.07) is 13.2. The van der Waals surface area contributed by atoms with Crippen molar-refractivity contribution in [2.24, 2.45) is 0 Å². The van der Waals surface area contributed by atoms with Crippen molar-refractivity contribution in [1.29, 1.82) is 0 Å². The van der Waals surface area contributed by atoms with Gasteiger partial charge in [-0.25, -0.2) is 4.79 Å². The number of rotatable bonds is 2. The molecule has 1 unspecified atom stereocenters. The number of benzene rings is 2. The lowest BCUT2D eigenvalue weighted by Crippen LogP contribution is -2.02. The zero-order chi connectivity index (χ0) is 13.4. The molecule has 2 aromatic carbocycles. The normalized spacial score (nSPS) is 12.7. The molecule has 4 heteroatoms. The van der Waals surface area contributed by atoms with E-state index in [1.165, 1.54) is 0 Å². The average Bonchev–Trinajstić information content (AvgIpc) is 2.77. The van der Waals surface area contributed by atoms with E-state index in [4.69, 9.17) is 0 Å². The van der Waals surface area contributed by atoms with E-state index >= 15 is 0 Å². The van der Waals surface area contributed by atoms with Gasteiger partial charge in [-0.3, -0.25) is 0 Å². The summed E-state index contributed by atoms with van der Waals surface area (Å²) in [7, 11) is 0. The van der Waals surface area contributed by atoms with Gasteiger partial charge < -0.3 is 15.1 Å². The third-order valence-corrected chi connectivity index (χ3v) is 3.31. The molecule has 4 nitrogen and oxygen atoms in total. The second-order valence-corrected chi connectivity index (χ2v) is 4.65. The minimum absolute atomic E-state index is 0.235. The lowest BCUT2D eigenvalue weighted by atomic mass is 9.97. The minimum Gasteiger partial charge on any atom is -0.384 e. The quantitative estimate of drug-likeness (QED) is 0.656. The maximum absolute atomic E-state index is 11.3. The molecule has 0 saturated heterocycles. The van der Waals surface area contributed by atoms with Crippen LogP contribution in [0.2, 0.25) is 0 Å². The molecule has 19 heavy (non-hydrogen) atoms. The van der Waals surface area contributed by atoms with E-state index in [0.29, 0.717) is 5.52 Å². The number of nitrogens with one attached hydrogen (secondary N) is 2. The first-order valence-electron chi connectivity index (χ1n) is 6.11. The Hall–Kier alpha value is -2.33. The summed E-state index contributed by atoms with van der Waals surface area (Å²) in [5, 5.41) is 10.4. The highest BCUT2D eigenvalue weighted by Gasteiger charge is 2.14. The minimum atomic E-state index is -0.691. The monoisotopic (exact) mass is 254 g/mol. The van der Waals surface area contributed by atoms with Crippen LogP contribution in [0.1, 0.15) is 22.8 Å². The number of aliphatic hydroxyl groups excluding tert-OH is 1. The average molecular weight is 254 g/mol. The molecular formula is C15H14N2O2. The van der Waals surface area contributed by atoms with Crippen molar-refractivity contribution in [3.8, 4) is 0 Å². The SMILES string of the molecule is Cc1cc2[nH]c(=O)[nH]c2cc1C(O)c1ccccc1. The number of fused-ring (bicyclic) bond motifs is 1. The fraction of sp³-hybridized carbons (Fsp3) is 0.133. The fourth-order valence-corrected chi connectivity index (χ4v) is 2.32. The van der Waals surface area contributed by atoms with Crippen LogP contribution in [-0.2, 0) is 0 Å². The van der Waals surface area contributed by atoms with E-state index in [1.54, 1.807) is 0 Å². The van der Waals surface area contributed by atoms with Crippen LogP contribution in [0, 0.1) is 6.92 Å². The zero-order valence-corrected chi connectivity index (χ0v) is 10.5. The molecule has 1 heterocycles. The number of hydrogen-bond acceptors (Lipinski definition) is 2. The summed E-state index contributed by atoms with van der Waals surface area (Å²) in [5.74, 6) is 0. The van der Waals surface area contributed by atoms with Crippen LogP contribution >= 0.6 is 0 Å². The Morgan fingerprint density at radius 2 is 1.68 bits per heavy atom. The molecule has 0 aliphatic carbocycles. The maximum Gasteiger partial charge on any atom is 0.323 e. The first-order valence-corrected chi connectivity index (χ1v) is 6.11. The molecule has 96 valence electrons. The Morgan fingerprint density at radius 1 is 1.05 bits per heavy atom. The first kappa shape index (κ1) is 11.7. The van der Waals surface area contributed by atoms with Gasteiger partial charge in [0.05, 0.1) is 11.0 Å². The van der Waals surface area contributed by atoms with E-state index in [9.17, 15) is 9.90 Å². The van der Waals surface area contributed by atoms with Crippen LogP contribution in [0.4, 0.5) is 0 Å². The molecule has 1 atom stereocenters. The van der Waals surface area contributed by atoms with Crippen molar-refractivity contribution in [3.63, 3.8) is 0 Å². The predicted molar refractivity (Wildman–Crippen MR) is 74.2 cm³/mol. The number of aryl methyl sites for hydroxylation is 1. The van der Waals surface area contributed by atoms with Crippen LogP contribution in [0.25, 0.3) is 11.0 Å². The van der Waals surface area contributed by atoms with E-state index in [2.05, 4.69) is 9.97 Å². The van der Waals surface area contributed by atoms with Crippen molar-refractivity contribution in [2.45, 2.75) is 13.0 Å². The van der Waals surface area contributed by atoms with E-state index in [-0.39, 0.29) is 5.69 Å². The Labute approximate surface area is 109 Å². The Morgan fingerprint density at radius 3 is 2.37 bits per heavy atom. The van der Waals surface area contributed by atoms with Gasteiger partial charge in [-0.2, -0.15) is 0 Å². The number of H-pyrrole nitrogens is 2. The maximum atomic E-state index is 11.3. The third kappa shape index (κ3) is 2.06. The van der Waals surface area contributed by atoms with Crippen LogP contribution in [0.5, 0.6) is 0 Å². The number of aromatic nitrogens is 2. The smallest absolute Gasteiger partial charge is 0.323 e. The summed E-state index contributed by atoms with van der Waals surface area (Å²) in [4.78, 5) is 16.7. The molecule has 3 aromatic rings. The largest absolute Gasteiger partial charge is 0.384 e. The number of aromatic amines is 2. The molecule has 0 aliphatic heterocycles. The molecule has 0 amide bonds. The van der Waals surface area contributed by atoms with Gasteiger partial charge in [0.2, 0.25) is 0 Å². The summed E-state index contributed by atoms with van der Waals surface area (Å²) in [5.41, 5.74) is 3.81. The molecule has 0 bridgehead atoms. The summed E-state index contributed by atoms with van der Waals surface area (Å²) < 4.78 is 0. The highest BCUT2D eigenvalue weighted by Crippen LogP contribution is 2.27. The number of aliphatic hydroxyl groups is 1. The van der Waals surface area contributed by atoms with E-state index in [0.717, 1.165) is 22.2 Å². The molecule has 1 aromatic heterocycles. The Bertz CT molecular complexity index is 772. The number of hydrogen-bond donors (Lipinski definition) is 3. The Kier molecular flexibility index (Phi) is 2.72. The Balaban J connectivity index is 2.14. The van der Waals surface area contributed by atoms with Gasteiger partial charge in [0.1, 0.15) is 6.10 Å². The van der Waals surface area contributed by atoms with Crippen LogP contribution in [0.3, 0.4) is 0 Å². The number of imidazole rings is 1. The predicted octanol–water partition coefficient (Wildman–Crippen LogP) is 2.25. The van der Waals surface area contributed by atoms with Gasteiger partial charge >= 0.3 is 5.69 Å². The van der Waals surface area contributed by atoms with Crippen molar-refractivity contribution in [1.82, 2.24) is 9.97 Å². The fourth-order valence-electron chi connectivity index (χ4n) is 2.32. The molecule has 0 saturated carbocycles. The highest BCUT2D eigenvalue weighted by molar-refractivity contribution is 5.76. The molecule has 3 rings (SSSR count). The van der Waals surface area contributed by atoms with Crippen LogP contribution in [0.15, 0.2) is 47.3 Å². The standard InChI is InChI=1S/C15H14N2O2/c1-9-7-12-13(17-15(19)16-12)8-11(9)14(18)10-5-3-2-4-6-10/h2-8,14,18H,1H3,(H2,16,17,19). The van der Waals surface area contributed by atoms with Gasteiger partial charge in [-0.05, 0) is 35.7 Å².